The van der Waals surface area contributed by atoms with Crippen LogP contribution < -0.4 is 0 Å². The Kier molecular flexibility index (Phi) is 10.8. The van der Waals surface area contributed by atoms with Gasteiger partial charge >= 0.3 is 0 Å². The van der Waals surface area contributed by atoms with E-state index < -0.39 is 0 Å². The lowest BCUT2D eigenvalue weighted by molar-refractivity contribution is 0.795. The molecule has 286 valence electrons. The number of H-pyrrole nitrogens is 2. The fraction of sp³-hybridized carbons (Fsp3) is 0.170. The summed E-state index contributed by atoms with van der Waals surface area (Å²) in [6, 6.07) is 44.5. The highest BCUT2D eigenvalue weighted by molar-refractivity contribution is 14.1. The molecule has 7 aromatic rings. The summed E-state index contributed by atoms with van der Waals surface area (Å²) in [5.41, 5.74) is 21.6. The first-order chi connectivity index (χ1) is 28.4. The predicted octanol–water partition coefficient (Wildman–Crippen LogP) is 14.7. The number of halogens is 1. The van der Waals surface area contributed by atoms with Crippen LogP contribution in [0.15, 0.2) is 121 Å². The lowest BCUT2D eigenvalue weighted by Crippen LogP contribution is -1.91. The molecule has 5 heterocycles. The van der Waals surface area contributed by atoms with Gasteiger partial charge in [-0.15, -0.1) is 0 Å². The zero-order valence-corrected chi connectivity index (χ0v) is 35.5. The van der Waals surface area contributed by atoms with Gasteiger partial charge in [0.05, 0.1) is 22.8 Å². The third-order valence-electron chi connectivity index (χ3n) is 11.3. The number of rotatable bonds is 10. The standard InChI is InChI=1S/C53H47IN4/c1-4-5-7-36-13-21-40(22-14-36)52-46-29-25-42(55-46)50(38-17-9-34(2)10-18-38)44-27-31-48(57-44)53(41-23-15-37(16-24-41)8-6-33-54)49-32-28-45(58-49)51(43-26-30-47(52)56-43)39-19-11-35(3)12-20-39/h9-32,55,58H,4-8,33H2,1-3H3. The van der Waals surface area contributed by atoms with Crippen molar-refractivity contribution >= 4 is 69.0 Å². The van der Waals surface area contributed by atoms with Crippen LogP contribution in [0.2, 0.25) is 0 Å². The fourth-order valence-electron chi connectivity index (χ4n) is 8.19. The van der Waals surface area contributed by atoms with Crippen LogP contribution in [-0.4, -0.2) is 24.4 Å². The van der Waals surface area contributed by atoms with E-state index in [2.05, 4.69) is 199 Å². The van der Waals surface area contributed by atoms with Crippen molar-refractivity contribution in [2.45, 2.75) is 52.9 Å². The molecule has 4 aromatic carbocycles. The summed E-state index contributed by atoms with van der Waals surface area (Å²) in [6.07, 6.45) is 14.4. The lowest BCUT2D eigenvalue weighted by atomic mass is 10.0. The minimum Gasteiger partial charge on any atom is -0.354 e. The van der Waals surface area contributed by atoms with Gasteiger partial charge in [0, 0.05) is 44.3 Å². The Balaban J connectivity index is 1.39. The first-order valence-electron chi connectivity index (χ1n) is 20.5. The normalized spacial score (nSPS) is 12.1. The molecule has 9 rings (SSSR count). The third-order valence-corrected chi connectivity index (χ3v) is 12.1. The number of benzene rings is 4. The summed E-state index contributed by atoms with van der Waals surface area (Å²) in [5, 5.41) is 0. The smallest absolute Gasteiger partial charge is 0.0737 e. The van der Waals surface area contributed by atoms with E-state index in [9.17, 15) is 0 Å². The zero-order valence-electron chi connectivity index (χ0n) is 33.4. The van der Waals surface area contributed by atoms with E-state index in [1.54, 1.807) is 0 Å². The molecule has 0 aliphatic carbocycles. The van der Waals surface area contributed by atoms with Crippen LogP contribution >= 0.6 is 22.6 Å². The van der Waals surface area contributed by atoms with Crippen molar-refractivity contribution < 1.29 is 0 Å². The van der Waals surface area contributed by atoms with Crippen LogP contribution in [0, 0.1) is 13.8 Å². The molecule has 0 fully saturated rings. The number of nitrogens with zero attached hydrogens (tertiary/aromatic N) is 2. The van der Waals surface area contributed by atoms with Crippen molar-refractivity contribution in [2.75, 3.05) is 4.43 Å². The molecule has 0 spiro atoms. The average Bonchev–Trinajstić information content (AvgIpc) is 4.10. The largest absolute Gasteiger partial charge is 0.354 e. The van der Waals surface area contributed by atoms with E-state index in [-0.39, 0.29) is 0 Å². The Morgan fingerprint density at radius 1 is 0.414 bits per heavy atom. The maximum atomic E-state index is 5.49. The van der Waals surface area contributed by atoms with Crippen LogP contribution in [0.5, 0.6) is 0 Å². The Hall–Kier alpha value is -5.79. The molecule has 2 N–H and O–H groups in total. The van der Waals surface area contributed by atoms with Gasteiger partial charge in [0.1, 0.15) is 0 Å². The van der Waals surface area contributed by atoms with Gasteiger partial charge in [0.15, 0.2) is 0 Å². The van der Waals surface area contributed by atoms with Crippen molar-refractivity contribution in [3.63, 3.8) is 0 Å². The lowest BCUT2D eigenvalue weighted by Gasteiger charge is -2.08. The van der Waals surface area contributed by atoms with Crippen LogP contribution in [0.4, 0.5) is 0 Å². The maximum absolute atomic E-state index is 5.49. The number of unbranched alkanes of at least 4 members (excludes halogenated alkanes) is 1. The topological polar surface area (TPSA) is 57.4 Å². The summed E-state index contributed by atoms with van der Waals surface area (Å²) in [7, 11) is 0. The number of aromatic amines is 2. The highest BCUT2D eigenvalue weighted by Crippen LogP contribution is 2.38. The molecule has 0 unspecified atom stereocenters. The van der Waals surface area contributed by atoms with Crippen LogP contribution in [0.25, 0.3) is 90.9 Å². The molecule has 0 radical (unpaired) electrons. The quantitative estimate of drug-likeness (QED) is 0.106. The van der Waals surface area contributed by atoms with Gasteiger partial charge < -0.3 is 9.97 Å². The van der Waals surface area contributed by atoms with Gasteiger partial charge in [-0.1, -0.05) is 144 Å². The van der Waals surface area contributed by atoms with E-state index in [0.29, 0.717) is 0 Å². The number of aryl methyl sites for hydroxylation is 4. The number of alkyl halides is 1. The zero-order chi connectivity index (χ0) is 39.6. The number of hydrogen-bond acceptors (Lipinski definition) is 2. The summed E-state index contributed by atoms with van der Waals surface area (Å²) in [5.74, 6) is 0. The van der Waals surface area contributed by atoms with Gasteiger partial charge in [-0.2, -0.15) is 0 Å². The van der Waals surface area contributed by atoms with E-state index in [4.69, 9.17) is 9.97 Å². The molecule has 58 heavy (non-hydrogen) atoms. The Labute approximate surface area is 355 Å². The number of aromatic nitrogens is 4. The molecule has 0 saturated heterocycles. The van der Waals surface area contributed by atoms with Gasteiger partial charge in [0.25, 0.3) is 0 Å². The molecule has 0 saturated carbocycles. The van der Waals surface area contributed by atoms with Gasteiger partial charge in [-0.25, -0.2) is 9.97 Å². The van der Waals surface area contributed by atoms with Crippen LogP contribution in [0.1, 0.15) is 71.2 Å². The number of fused-ring (bicyclic) bond motifs is 8. The molecular formula is C53H47IN4. The van der Waals surface area contributed by atoms with Crippen molar-refractivity contribution in [3.8, 4) is 44.5 Å². The first kappa shape index (κ1) is 37.8. The number of hydrogen-bond donors (Lipinski definition) is 2. The second kappa shape index (κ2) is 16.6. The highest BCUT2D eigenvalue weighted by atomic mass is 127. The molecule has 2 aliphatic heterocycles. The van der Waals surface area contributed by atoms with Crippen LogP contribution in [0.3, 0.4) is 0 Å². The first-order valence-corrected chi connectivity index (χ1v) is 22.0. The summed E-state index contributed by atoms with van der Waals surface area (Å²) in [4.78, 5) is 18.8. The van der Waals surface area contributed by atoms with Gasteiger partial charge in [-0.05, 0) is 126 Å². The maximum Gasteiger partial charge on any atom is 0.0737 e. The minimum absolute atomic E-state index is 0.921. The SMILES string of the molecule is CCCCc1ccc(-c2c3nc(c(-c4ccc(C)cc4)c4ccc([nH]4)c(-c4ccc(CCCI)cc4)c4nc(c(-c5ccc(C)cc5)c5ccc2[nH]5)C=C4)C=C3)cc1. The van der Waals surface area contributed by atoms with E-state index in [1.807, 2.05) is 0 Å². The summed E-state index contributed by atoms with van der Waals surface area (Å²) >= 11 is 2.47. The molecule has 8 bridgehead atoms. The monoisotopic (exact) mass is 866 g/mol. The van der Waals surface area contributed by atoms with Crippen molar-refractivity contribution in [1.82, 2.24) is 19.9 Å². The second-order valence-electron chi connectivity index (χ2n) is 15.5. The van der Waals surface area contributed by atoms with Gasteiger partial charge in [0.2, 0.25) is 0 Å². The summed E-state index contributed by atoms with van der Waals surface area (Å²) < 4.78 is 1.15. The van der Waals surface area contributed by atoms with E-state index in [0.717, 1.165) is 107 Å². The van der Waals surface area contributed by atoms with Crippen molar-refractivity contribution in [2.24, 2.45) is 0 Å². The Morgan fingerprint density at radius 3 is 1.03 bits per heavy atom. The minimum atomic E-state index is 0.921. The molecular weight excluding hydrogens is 820 g/mol. The number of nitrogens with one attached hydrogen (secondary N) is 2. The summed E-state index contributed by atoms with van der Waals surface area (Å²) in [6.45, 7) is 6.52. The van der Waals surface area contributed by atoms with Crippen LogP contribution in [-0.2, 0) is 12.8 Å². The fourth-order valence-corrected chi connectivity index (χ4v) is 8.57. The molecule has 4 nitrogen and oxygen atoms in total. The molecule has 0 atom stereocenters. The third kappa shape index (κ3) is 7.63. The molecule has 3 aromatic heterocycles. The molecule has 0 amide bonds. The van der Waals surface area contributed by atoms with E-state index in [1.165, 1.54) is 41.5 Å². The predicted molar refractivity (Wildman–Crippen MR) is 256 cm³/mol. The Morgan fingerprint density at radius 2 is 0.724 bits per heavy atom. The average molecular weight is 867 g/mol. The highest BCUT2D eigenvalue weighted by Gasteiger charge is 2.19. The van der Waals surface area contributed by atoms with Gasteiger partial charge in [-0.3, -0.25) is 0 Å². The molecule has 5 heteroatoms. The van der Waals surface area contributed by atoms with Crippen molar-refractivity contribution in [3.05, 3.63) is 166 Å². The second-order valence-corrected chi connectivity index (χ2v) is 16.6. The van der Waals surface area contributed by atoms with Crippen molar-refractivity contribution in [1.29, 1.82) is 0 Å². The Bertz CT molecular complexity index is 2640. The molecule has 2 aliphatic rings. The van der Waals surface area contributed by atoms with E-state index >= 15 is 0 Å².